The fraction of sp³-hybridized carbons (Fsp3) is 0.360. The normalized spacial score (nSPS) is 15.7. The smallest absolute Gasteiger partial charge is 0.345 e. The van der Waals surface area contributed by atoms with Gasteiger partial charge < -0.3 is 14.5 Å². The second-order valence-corrected chi connectivity index (χ2v) is 8.86. The first kappa shape index (κ1) is 26.6. The van der Waals surface area contributed by atoms with Crippen LogP contribution in [-0.2, 0) is 14.3 Å². The van der Waals surface area contributed by atoms with Crippen molar-refractivity contribution in [2.24, 2.45) is 5.92 Å². The predicted molar refractivity (Wildman–Crippen MR) is 128 cm³/mol. The number of halogens is 4. The van der Waals surface area contributed by atoms with E-state index >= 15 is 0 Å². The third kappa shape index (κ3) is 6.86. The number of alkyl halides is 4. The lowest BCUT2D eigenvalue weighted by Gasteiger charge is -2.32. The standard InChI is InChI=1S/C25H24ClF3N4O4/c26-22(27)24(35)33(18-7-5-16(6-8-18)20-2-1-10-36-20)21(17-12-30-14-31-13-17)23(34)32-19(15-3-4-15)9-11-37-25(28)29/h1-2,5-8,10,12-15,19,21-22,25H,3-4,9,11H2,(H,32,34). The number of benzene rings is 1. The SMILES string of the molecule is O=C(NC(CCOC(F)F)C1CC1)C(c1cncnc1)N(C(=O)C(F)Cl)c1ccc(-c2ccco2)cc1. The summed E-state index contributed by atoms with van der Waals surface area (Å²) in [5, 5.41) is 2.84. The summed E-state index contributed by atoms with van der Waals surface area (Å²) in [7, 11) is 0. The van der Waals surface area contributed by atoms with Crippen LogP contribution in [0.25, 0.3) is 11.3 Å². The van der Waals surface area contributed by atoms with Gasteiger partial charge in [0.2, 0.25) is 5.91 Å². The number of ether oxygens (including phenoxy) is 1. The molecule has 2 aromatic heterocycles. The monoisotopic (exact) mass is 536 g/mol. The van der Waals surface area contributed by atoms with Crippen molar-refractivity contribution in [1.29, 1.82) is 0 Å². The first-order valence-corrected chi connectivity index (χ1v) is 12.0. The van der Waals surface area contributed by atoms with Crippen LogP contribution in [-0.4, -0.2) is 46.7 Å². The van der Waals surface area contributed by atoms with E-state index in [1.807, 2.05) is 0 Å². The highest BCUT2D eigenvalue weighted by Crippen LogP contribution is 2.36. The molecular formula is C25H24ClF3N4O4. The van der Waals surface area contributed by atoms with Gasteiger partial charge in [0.25, 0.3) is 11.5 Å². The molecule has 0 saturated heterocycles. The van der Waals surface area contributed by atoms with Gasteiger partial charge in [-0.3, -0.25) is 14.5 Å². The minimum atomic E-state index is -2.92. The first-order valence-electron chi connectivity index (χ1n) is 11.6. The van der Waals surface area contributed by atoms with Gasteiger partial charge in [-0.1, -0.05) is 11.6 Å². The Morgan fingerprint density at radius 2 is 1.84 bits per heavy atom. The Bertz CT molecular complexity index is 1160. The van der Waals surface area contributed by atoms with Crippen LogP contribution in [0.2, 0.25) is 0 Å². The maximum absolute atomic E-state index is 14.2. The van der Waals surface area contributed by atoms with E-state index in [2.05, 4.69) is 20.0 Å². The van der Waals surface area contributed by atoms with Gasteiger partial charge in [0, 0.05) is 35.2 Å². The Morgan fingerprint density at radius 1 is 1.14 bits per heavy atom. The number of hydrogen-bond acceptors (Lipinski definition) is 6. The van der Waals surface area contributed by atoms with Crippen LogP contribution >= 0.6 is 11.6 Å². The van der Waals surface area contributed by atoms with Crippen molar-refractivity contribution in [2.45, 2.75) is 43.6 Å². The van der Waals surface area contributed by atoms with E-state index in [1.54, 1.807) is 24.3 Å². The maximum atomic E-state index is 14.2. The first-order chi connectivity index (χ1) is 17.8. The number of anilines is 1. The molecule has 4 rings (SSSR count). The predicted octanol–water partition coefficient (Wildman–Crippen LogP) is 4.87. The quantitative estimate of drug-likeness (QED) is 0.332. The van der Waals surface area contributed by atoms with Crippen LogP contribution in [0.4, 0.5) is 18.9 Å². The van der Waals surface area contributed by atoms with Crippen molar-refractivity contribution in [3.63, 3.8) is 0 Å². The summed E-state index contributed by atoms with van der Waals surface area (Å²) in [6.45, 7) is -3.18. The van der Waals surface area contributed by atoms with Crippen molar-refractivity contribution in [2.75, 3.05) is 11.5 Å². The fourth-order valence-corrected chi connectivity index (χ4v) is 4.18. The van der Waals surface area contributed by atoms with E-state index in [9.17, 15) is 22.8 Å². The van der Waals surface area contributed by atoms with Crippen molar-refractivity contribution in [1.82, 2.24) is 15.3 Å². The lowest BCUT2D eigenvalue weighted by Crippen LogP contribution is -2.49. The summed E-state index contributed by atoms with van der Waals surface area (Å²) in [6.07, 6.45) is 7.19. The second-order valence-electron chi connectivity index (χ2n) is 8.48. The van der Waals surface area contributed by atoms with Crippen LogP contribution in [0.15, 0.2) is 65.8 Å². The van der Waals surface area contributed by atoms with E-state index in [4.69, 9.17) is 16.0 Å². The largest absolute Gasteiger partial charge is 0.464 e. The Hall–Kier alpha value is -3.44. The molecule has 0 spiro atoms. The average molecular weight is 537 g/mol. The molecule has 0 bridgehead atoms. The third-order valence-corrected chi connectivity index (χ3v) is 6.16. The summed E-state index contributed by atoms with van der Waals surface area (Å²) < 4.78 is 48.9. The summed E-state index contributed by atoms with van der Waals surface area (Å²) in [4.78, 5) is 35.5. The van der Waals surface area contributed by atoms with Crippen LogP contribution in [0.3, 0.4) is 0 Å². The number of nitrogens with one attached hydrogen (secondary N) is 1. The van der Waals surface area contributed by atoms with Crippen LogP contribution in [0.5, 0.6) is 0 Å². The molecule has 3 aromatic rings. The van der Waals surface area contributed by atoms with Gasteiger partial charge in [0.05, 0.1) is 12.9 Å². The van der Waals surface area contributed by atoms with E-state index in [0.29, 0.717) is 11.3 Å². The van der Waals surface area contributed by atoms with Gasteiger partial charge in [-0.2, -0.15) is 8.78 Å². The molecule has 1 N–H and O–H groups in total. The van der Waals surface area contributed by atoms with E-state index in [0.717, 1.165) is 17.7 Å². The molecule has 1 aliphatic carbocycles. The summed E-state index contributed by atoms with van der Waals surface area (Å²) in [6, 6.07) is 7.98. The summed E-state index contributed by atoms with van der Waals surface area (Å²) in [5.41, 5.74) is -1.35. The lowest BCUT2D eigenvalue weighted by molar-refractivity contribution is -0.133. The van der Waals surface area contributed by atoms with Crippen LogP contribution in [0, 0.1) is 5.92 Å². The molecule has 3 atom stereocenters. The molecule has 1 aliphatic rings. The lowest BCUT2D eigenvalue weighted by atomic mass is 10.0. The average Bonchev–Trinajstić information content (AvgIpc) is 3.59. The van der Waals surface area contributed by atoms with Crippen molar-refractivity contribution in [3.8, 4) is 11.3 Å². The maximum Gasteiger partial charge on any atom is 0.345 e. The molecule has 2 heterocycles. The van der Waals surface area contributed by atoms with Gasteiger partial charge >= 0.3 is 6.61 Å². The molecular weight excluding hydrogens is 513 g/mol. The molecule has 1 fully saturated rings. The molecule has 1 saturated carbocycles. The van der Waals surface area contributed by atoms with E-state index in [-0.39, 0.29) is 30.2 Å². The molecule has 1 aromatic carbocycles. The molecule has 2 amide bonds. The van der Waals surface area contributed by atoms with Crippen LogP contribution < -0.4 is 10.2 Å². The molecule has 196 valence electrons. The zero-order valence-electron chi connectivity index (χ0n) is 19.5. The highest BCUT2D eigenvalue weighted by atomic mass is 35.5. The number of carbonyl (C=O) groups is 2. The van der Waals surface area contributed by atoms with Gasteiger partial charge in [-0.15, -0.1) is 0 Å². The Kier molecular flexibility index (Phi) is 8.78. The molecule has 12 heteroatoms. The molecule has 37 heavy (non-hydrogen) atoms. The van der Waals surface area contributed by atoms with Gasteiger partial charge in [-0.05, 0) is 61.6 Å². The number of aromatic nitrogens is 2. The van der Waals surface area contributed by atoms with Crippen molar-refractivity contribution < 1.29 is 31.9 Å². The number of rotatable bonds is 12. The summed E-state index contributed by atoms with van der Waals surface area (Å²) in [5.74, 6) is -1.17. The zero-order valence-corrected chi connectivity index (χ0v) is 20.2. The molecule has 0 aliphatic heterocycles. The number of carbonyl (C=O) groups excluding carboxylic acids is 2. The fourth-order valence-electron chi connectivity index (χ4n) is 4.08. The minimum Gasteiger partial charge on any atom is -0.464 e. The number of nitrogens with zero attached hydrogens (tertiary/aromatic N) is 3. The Labute approximate surface area is 215 Å². The van der Waals surface area contributed by atoms with Gasteiger partial charge in [-0.25, -0.2) is 14.4 Å². The Morgan fingerprint density at radius 3 is 2.41 bits per heavy atom. The van der Waals surface area contributed by atoms with E-state index < -0.39 is 36.1 Å². The summed E-state index contributed by atoms with van der Waals surface area (Å²) >= 11 is 5.56. The Balaban J connectivity index is 1.67. The number of hydrogen-bond donors (Lipinski definition) is 1. The second kappa shape index (κ2) is 12.2. The van der Waals surface area contributed by atoms with Crippen molar-refractivity contribution >= 4 is 29.1 Å². The van der Waals surface area contributed by atoms with Crippen molar-refractivity contribution in [3.05, 3.63) is 66.9 Å². The van der Waals surface area contributed by atoms with Gasteiger partial charge in [0.1, 0.15) is 18.1 Å². The highest BCUT2D eigenvalue weighted by Gasteiger charge is 2.39. The topological polar surface area (TPSA) is 97.6 Å². The van der Waals surface area contributed by atoms with E-state index in [1.165, 1.54) is 37.1 Å². The van der Waals surface area contributed by atoms with Gasteiger partial charge in [0.15, 0.2) is 0 Å². The minimum absolute atomic E-state index is 0.0802. The zero-order chi connectivity index (χ0) is 26.4. The number of furan rings is 1. The highest BCUT2D eigenvalue weighted by molar-refractivity contribution is 6.32. The molecule has 0 radical (unpaired) electrons. The molecule has 8 nitrogen and oxygen atoms in total. The molecule has 3 unspecified atom stereocenters. The van der Waals surface area contributed by atoms with Crippen LogP contribution in [0.1, 0.15) is 30.9 Å². The number of amides is 2. The third-order valence-electron chi connectivity index (χ3n) is 5.97.